The standard InChI is InChI=1S/C38H55N3O6/c1-11-24(3)31(40-36(45)47-38(8,9)10)34(43)41(30-22-25(30)4)32(28-20-18-26(12-2)19-21-28)33(42)39-29(35(44)46-37(5,6)7)23-27-16-14-13-15-17-27/h13-21,24-25,29-32H,11-12,22-23H2,1-10H3,(H,39,42)(H,40,45). The summed E-state index contributed by atoms with van der Waals surface area (Å²) in [5.41, 5.74) is 1.04. The number of carbonyl (C=O) groups excluding carboxylic acids is 4. The quantitative estimate of drug-likeness (QED) is 0.239. The van der Waals surface area contributed by atoms with Crippen LogP contribution < -0.4 is 10.6 Å². The predicted octanol–water partition coefficient (Wildman–Crippen LogP) is 6.54. The molecule has 0 saturated heterocycles. The van der Waals surface area contributed by atoms with Crippen LogP contribution in [0.3, 0.4) is 0 Å². The topological polar surface area (TPSA) is 114 Å². The van der Waals surface area contributed by atoms with E-state index in [1.165, 1.54) is 0 Å². The molecule has 1 aliphatic carbocycles. The minimum atomic E-state index is -1.06. The normalized spacial score (nSPS) is 18.6. The van der Waals surface area contributed by atoms with Crippen molar-refractivity contribution in [1.29, 1.82) is 0 Å². The van der Waals surface area contributed by atoms with Crippen LogP contribution in [0, 0.1) is 11.8 Å². The van der Waals surface area contributed by atoms with Gasteiger partial charge in [-0.3, -0.25) is 9.59 Å². The number of hydrogen-bond acceptors (Lipinski definition) is 6. The van der Waals surface area contributed by atoms with E-state index in [1.54, 1.807) is 46.4 Å². The lowest BCUT2D eigenvalue weighted by Crippen LogP contribution is -2.57. The average Bonchev–Trinajstić information content (AvgIpc) is 3.71. The summed E-state index contributed by atoms with van der Waals surface area (Å²) in [4.78, 5) is 57.4. The summed E-state index contributed by atoms with van der Waals surface area (Å²) in [5, 5.41) is 5.81. The van der Waals surface area contributed by atoms with Crippen molar-refractivity contribution in [1.82, 2.24) is 15.5 Å². The van der Waals surface area contributed by atoms with E-state index in [0.717, 1.165) is 17.5 Å². The summed E-state index contributed by atoms with van der Waals surface area (Å²) < 4.78 is 11.3. The molecule has 0 bridgehead atoms. The van der Waals surface area contributed by atoms with Crippen LogP contribution in [0.2, 0.25) is 0 Å². The third-order valence-corrected chi connectivity index (χ3v) is 8.35. The van der Waals surface area contributed by atoms with Gasteiger partial charge in [0.1, 0.15) is 29.3 Å². The van der Waals surface area contributed by atoms with Crippen molar-refractivity contribution in [2.45, 2.75) is 130 Å². The number of rotatable bonds is 13. The highest BCUT2D eigenvalue weighted by Crippen LogP contribution is 2.41. The van der Waals surface area contributed by atoms with E-state index in [2.05, 4.69) is 17.6 Å². The smallest absolute Gasteiger partial charge is 0.408 e. The summed E-state index contributed by atoms with van der Waals surface area (Å²) in [6, 6.07) is 13.9. The third kappa shape index (κ3) is 11.1. The van der Waals surface area contributed by atoms with E-state index in [-0.39, 0.29) is 30.2 Å². The Hall–Kier alpha value is -3.88. The number of ether oxygens (including phenoxy) is 2. The van der Waals surface area contributed by atoms with Gasteiger partial charge >= 0.3 is 12.1 Å². The molecule has 47 heavy (non-hydrogen) atoms. The molecule has 2 aromatic carbocycles. The molecule has 6 unspecified atom stereocenters. The zero-order chi connectivity index (χ0) is 35.1. The Bertz CT molecular complexity index is 1360. The fraction of sp³-hybridized carbons (Fsp3) is 0.579. The van der Waals surface area contributed by atoms with E-state index >= 15 is 0 Å². The molecule has 9 nitrogen and oxygen atoms in total. The van der Waals surface area contributed by atoms with E-state index in [4.69, 9.17) is 9.47 Å². The Morgan fingerprint density at radius 1 is 0.851 bits per heavy atom. The number of nitrogens with zero attached hydrogens (tertiary/aromatic N) is 1. The van der Waals surface area contributed by atoms with Gasteiger partial charge < -0.3 is 25.0 Å². The summed E-state index contributed by atoms with van der Waals surface area (Å²) >= 11 is 0. The van der Waals surface area contributed by atoms with Crippen LogP contribution in [-0.4, -0.2) is 58.1 Å². The Morgan fingerprint density at radius 3 is 1.91 bits per heavy atom. The highest BCUT2D eigenvalue weighted by Gasteiger charge is 2.49. The van der Waals surface area contributed by atoms with Crippen molar-refractivity contribution < 1.29 is 28.7 Å². The van der Waals surface area contributed by atoms with Gasteiger partial charge in [0.2, 0.25) is 11.8 Å². The lowest BCUT2D eigenvalue weighted by molar-refractivity contribution is -0.159. The molecule has 0 spiro atoms. The maximum atomic E-state index is 14.7. The molecule has 2 aromatic rings. The van der Waals surface area contributed by atoms with Gasteiger partial charge in [-0.05, 0) is 82.9 Å². The molecule has 1 fully saturated rings. The van der Waals surface area contributed by atoms with Gasteiger partial charge in [-0.25, -0.2) is 9.59 Å². The Morgan fingerprint density at radius 2 is 1.43 bits per heavy atom. The minimum absolute atomic E-state index is 0.147. The molecular weight excluding hydrogens is 594 g/mol. The van der Waals surface area contributed by atoms with Gasteiger partial charge in [0, 0.05) is 12.5 Å². The van der Waals surface area contributed by atoms with Gasteiger partial charge in [0.05, 0.1) is 0 Å². The van der Waals surface area contributed by atoms with Crippen molar-refractivity contribution in [3.8, 4) is 0 Å². The van der Waals surface area contributed by atoms with Gasteiger partial charge in [-0.2, -0.15) is 0 Å². The summed E-state index contributed by atoms with van der Waals surface area (Å²) in [6.45, 7) is 18.6. The van der Waals surface area contributed by atoms with Crippen LogP contribution in [0.1, 0.15) is 105 Å². The Labute approximate surface area is 281 Å². The number of amides is 3. The summed E-state index contributed by atoms with van der Waals surface area (Å²) in [7, 11) is 0. The maximum Gasteiger partial charge on any atom is 0.408 e. The first-order chi connectivity index (χ1) is 21.9. The van der Waals surface area contributed by atoms with Crippen LogP contribution in [0.4, 0.5) is 4.79 Å². The summed E-state index contributed by atoms with van der Waals surface area (Å²) in [6.07, 6.45) is 1.66. The van der Waals surface area contributed by atoms with Gasteiger partial charge in [0.15, 0.2) is 0 Å². The van der Waals surface area contributed by atoms with Crippen LogP contribution in [0.15, 0.2) is 54.6 Å². The molecule has 9 heteroatoms. The second kappa shape index (κ2) is 15.8. The zero-order valence-electron chi connectivity index (χ0n) is 29.9. The molecule has 0 aliphatic heterocycles. The molecule has 3 amide bonds. The van der Waals surface area contributed by atoms with Crippen molar-refractivity contribution in [2.24, 2.45) is 11.8 Å². The largest absolute Gasteiger partial charge is 0.458 e. The number of benzene rings is 2. The predicted molar refractivity (Wildman–Crippen MR) is 184 cm³/mol. The zero-order valence-corrected chi connectivity index (χ0v) is 29.9. The monoisotopic (exact) mass is 649 g/mol. The number of carbonyl (C=O) groups is 4. The maximum absolute atomic E-state index is 14.7. The molecule has 258 valence electrons. The number of nitrogens with one attached hydrogen (secondary N) is 2. The van der Waals surface area contributed by atoms with Gasteiger partial charge in [-0.1, -0.05) is 88.7 Å². The average molecular weight is 650 g/mol. The van der Waals surface area contributed by atoms with E-state index < -0.39 is 47.3 Å². The fourth-order valence-electron chi connectivity index (χ4n) is 5.49. The first-order valence-electron chi connectivity index (χ1n) is 16.9. The third-order valence-electron chi connectivity index (χ3n) is 8.35. The van der Waals surface area contributed by atoms with Crippen molar-refractivity contribution in [2.75, 3.05) is 0 Å². The molecule has 3 rings (SSSR count). The minimum Gasteiger partial charge on any atom is -0.458 e. The molecule has 0 heterocycles. The van der Waals surface area contributed by atoms with Gasteiger partial charge in [0.25, 0.3) is 0 Å². The second-order valence-corrected chi connectivity index (χ2v) is 14.8. The fourth-order valence-corrected chi connectivity index (χ4v) is 5.49. The van der Waals surface area contributed by atoms with Gasteiger partial charge in [-0.15, -0.1) is 0 Å². The van der Waals surface area contributed by atoms with Crippen molar-refractivity contribution >= 4 is 23.9 Å². The van der Waals surface area contributed by atoms with Crippen molar-refractivity contribution in [3.05, 3.63) is 71.3 Å². The number of esters is 1. The van der Waals surface area contributed by atoms with Crippen LogP contribution in [0.25, 0.3) is 0 Å². The lowest BCUT2D eigenvalue weighted by atomic mass is 9.94. The molecule has 0 radical (unpaired) electrons. The molecule has 2 N–H and O–H groups in total. The molecule has 6 atom stereocenters. The number of aryl methyl sites for hydroxylation is 1. The first kappa shape index (κ1) is 37.6. The van der Waals surface area contributed by atoms with Crippen LogP contribution in [-0.2, 0) is 36.7 Å². The Kier molecular flexibility index (Phi) is 12.6. The Balaban J connectivity index is 2.09. The number of hydrogen-bond donors (Lipinski definition) is 2. The van der Waals surface area contributed by atoms with Crippen molar-refractivity contribution in [3.63, 3.8) is 0 Å². The molecule has 1 aliphatic rings. The first-order valence-corrected chi connectivity index (χ1v) is 16.9. The highest BCUT2D eigenvalue weighted by molar-refractivity contribution is 5.94. The van der Waals surface area contributed by atoms with E-state index in [0.29, 0.717) is 18.4 Å². The van der Waals surface area contributed by atoms with Crippen LogP contribution >= 0.6 is 0 Å². The molecular formula is C38H55N3O6. The summed E-state index contributed by atoms with van der Waals surface area (Å²) in [5.74, 6) is -1.51. The highest BCUT2D eigenvalue weighted by atomic mass is 16.6. The lowest BCUT2D eigenvalue weighted by Gasteiger charge is -2.37. The molecule has 0 aromatic heterocycles. The van der Waals surface area contributed by atoms with E-state index in [1.807, 2.05) is 75.4 Å². The van der Waals surface area contributed by atoms with Crippen LogP contribution in [0.5, 0.6) is 0 Å². The number of alkyl carbamates (subject to hydrolysis) is 1. The molecule has 1 saturated carbocycles. The SMILES string of the molecule is CCc1ccc(C(C(=O)NC(Cc2ccccc2)C(=O)OC(C)(C)C)N(C(=O)C(NC(=O)OC(C)(C)C)C(C)CC)C2CC2C)cc1. The second-order valence-electron chi connectivity index (χ2n) is 14.8. The van der Waals surface area contributed by atoms with E-state index in [9.17, 15) is 19.2 Å².